The molecule has 0 aliphatic carbocycles. The zero-order valence-electron chi connectivity index (χ0n) is 13.7. The van der Waals surface area contributed by atoms with Gasteiger partial charge in [-0.1, -0.05) is 0 Å². The Bertz CT molecular complexity index is 472. The second-order valence-electron chi connectivity index (χ2n) is 6.73. The molecule has 0 saturated carbocycles. The molecule has 5 heteroatoms. The fourth-order valence-electron chi connectivity index (χ4n) is 2.47. The molecule has 3 N–H and O–H groups in total. The summed E-state index contributed by atoms with van der Waals surface area (Å²) in [6, 6.07) is 8.28. The van der Waals surface area contributed by atoms with Gasteiger partial charge in [0.1, 0.15) is 5.60 Å². The molecule has 1 fully saturated rings. The highest BCUT2D eigenvalue weighted by molar-refractivity contribution is 5.85. The topological polar surface area (TPSA) is 62.4 Å². The van der Waals surface area contributed by atoms with Gasteiger partial charge in [0.05, 0.1) is 0 Å². The Morgan fingerprint density at radius 2 is 1.82 bits per heavy atom. The van der Waals surface area contributed by atoms with Crippen LogP contribution in [0.15, 0.2) is 24.3 Å². The first-order chi connectivity index (χ1) is 10.4. The standard InChI is InChI=1S/C17H27N3O2/c1-17(2,3)22-16(21)20-15-8-6-14(7-9-15)19-13-5-4-11-18-12-10-13/h6-9,13,18-19H,4-5,10-12H2,1-3H3,(H,20,21). The predicted octanol–water partition coefficient (Wildman–Crippen LogP) is 3.59. The summed E-state index contributed by atoms with van der Waals surface area (Å²) >= 11 is 0. The monoisotopic (exact) mass is 305 g/mol. The van der Waals surface area contributed by atoms with Gasteiger partial charge in [0, 0.05) is 17.4 Å². The van der Waals surface area contributed by atoms with Crippen LogP contribution in [0.25, 0.3) is 0 Å². The van der Waals surface area contributed by atoms with E-state index in [4.69, 9.17) is 4.74 Å². The number of hydrogen-bond acceptors (Lipinski definition) is 4. The van der Waals surface area contributed by atoms with Crippen molar-refractivity contribution in [2.75, 3.05) is 23.7 Å². The molecule has 0 radical (unpaired) electrons. The van der Waals surface area contributed by atoms with Gasteiger partial charge in [0.25, 0.3) is 0 Å². The van der Waals surface area contributed by atoms with E-state index in [1.54, 1.807) is 0 Å². The van der Waals surface area contributed by atoms with Gasteiger partial charge in [-0.3, -0.25) is 5.32 Å². The number of rotatable bonds is 3. The molecule has 1 saturated heterocycles. The highest BCUT2D eigenvalue weighted by Crippen LogP contribution is 2.18. The highest BCUT2D eigenvalue weighted by Gasteiger charge is 2.16. The van der Waals surface area contributed by atoms with Crippen molar-refractivity contribution in [3.63, 3.8) is 0 Å². The minimum absolute atomic E-state index is 0.428. The van der Waals surface area contributed by atoms with Crippen LogP contribution in [0.3, 0.4) is 0 Å². The lowest BCUT2D eigenvalue weighted by atomic mass is 10.1. The second kappa shape index (κ2) is 7.49. The summed E-state index contributed by atoms with van der Waals surface area (Å²) in [5, 5.41) is 9.71. The Morgan fingerprint density at radius 1 is 1.14 bits per heavy atom. The van der Waals surface area contributed by atoms with Gasteiger partial charge in [-0.2, -0.15) is 0 Å². The van der Waals surface area contributed by atoms with E-state index in [2.05, 4.69) is 16.0 Å². The molecule has 1 heterocycles. The summed E-state index contributed by atoms with van der Waals surface area (Å²) in [5.41, 5.74) is 1.34. The van der Waals surface area contributed by atoms with Crippen LogP contribution in [0, 0.1) is 0 Å². The van der Waals surface area contributed by atoms with Crippen molar-refractivity contribution in [2.45, 2.75) is 51.7 Å². The van der Waals surface area contributed by atoms with E-state index in [0.29, 0.717) is 6.04 Å². The summed E-state index contributed by atoms with van der Waals surface area (Å²) < 4.78 is 5.23. The van der Waals surface area contributed by atoms with Crippen LogP contribution >= 0.6 is 0 Å². The molecule has 22 heavy (non-hydrogen) atoms. The van der Waals surface area contributed by atoms with Gasteiger partial charge in [0.15, 0.2) is 0 Å². The number of benzene rings is 1. The van der Waals surface area contributed by atoms with Gasteiger partial charge in [-0.05, 0) is 77.4 Å². The summed E-state index contributed by atoms with van der Waals surface area (Å²) in [6.45, 7) is 7.72. The average Bonchev–Trinajstić information content (AvgIpc) is 2.67. The van der Waals surface area contributed by atoms with Crippen LogP contribution < -0.4 is 16.0 Å². The van der Waals surface area contributed by atoms with Crippen molar-refractivity contribution >= 4 is 17.5 Å². The number of carbonyl (C=O) groups is 1. The zero-order chi connectivity index (χ0) is 16.0. The Labute approximate surface area is 132 Å². The van der Waals surface area contributed by atoms with Crippen molar-refractivity contribution in [2.24, 2.45) is 0 Å². The van der Waals surface area contributed by atoms with E-state index in [1.807, 2.05) is 45.0 Å². The molecule has 1 aromatic carbocycles. The number of anilines is 2. The summed E-state index contributed by atoms with van der Waals surface area (Å²) in [5.74, 6) is 0. The van der Waals surface area contributed by atoms with E-state index in [9.17, 15) is 4.79 Å². The molecule has 1 unspecified atom stereocenters. The number of ether oxygens (including phenoxy) is 1. The van der Waals surface area contributed by atoms with E-state index < -0.39 is 11.7 Å². The van der Waals surface area contributed by atoms with Crippen LogP contribution in [-0.4, -0.2) is 30.8 Å². The Balaban J connectivity index is 1.85. The third-order valence-corrected chi connectivity index (χ3v) is 3.48. The third-order valence-electron chi connectivity index (χ3n) is 3.48. The number of carbonyl (C=O) groups excluding carboxylic acids is 1. The number of nitrogens with one attached hydrogen (secondary N) is 3. The lowest BCUT2D eigenvalue weighted by Gasteiger charge is -2.20. The first kappa shape index (κ1) is 16.6. The predicted molar refractivity (Wildman–Crippen MR) is 90.4 cm³/mol. The Hall–Kier alpha value is -1.75. The number of hydrogen-bond donors (Lipinski definition) is 3. The summed E-state index contributed by atoms with van der Waals surface area (Å²) in [6.07, 6.45) is 3.10. The minimum atomic E-state index is -0.487. The Morgan fingerprint density at radius 3 is 2.50 bits per heavy atom. The molecule has 1 aliphatic rings. The van der Waals surface area contributed by atoms with E-state index in [-0.39, 0.29) is 0 Å². The minimum Gasteiger partial charge on any atom is -0.444 e. The van der Waals surface area contributed by atoms with Crippen molar-refractivity contribution in [3.05, 3.63) is 24.3 Å². The zero-order valence-corrected chi connectivity index (χ0v) is 13.7. The first-order valence-electron chi connectivity index (χ1n) is 8.00. The van der Waals surface area contributed by atoms with Crippen LogP contribution in [0.2, 0.25) is 0 Å². The quantitative estimate of drug-likeness (QED) is 0.798. The van der Waals surface area contributed by atoms with Crippen molar-refractivity contribution in [1.29, 1.82) is 0 Å². The van der Waals surface area contributed by atoms with Gasteiger partial charge in [0.2, 0.25) is 0 Å². The van der Waals surface area contributed by atoms with E-state index in [0.717, 1.165) is 30.9 Å². The maximum absolute atomic E-state index is 11.7. The van der Waals surface area contributed by atoms with E-state index in [1.165, 1.54) is 12.8 Å². The SMILES string of the molecule is CC(C)(C)OC(=O)Nc1ccc(NC2CCCNCC2)cc1. The van der Waals surface area contributed by atoms with E-state index >= 15 is 0 Å². The van der Waals surface area contributed by atoms with Crippen molar-refractivity contribution < 1.29 is 9.53 Å². The fraction of sp³-hybridized carbons (Fsp3) is 0.588. The van der Waals surface area contributed by atoms with Crippen LogP contribution in [0.4, 0.5) is 16.2 Å². The average molecular weight is 305 g/mol. The largest absolute Gasteiger partial charge is 0.444 e. The maximum Gasteiger partial charge on any atom is 0.412 e. The number of amides is 1. The molecule has 2 rings (SSSR count). The van der Waals surface area contributed by atoms with Crippen molar-refractivity contribution in [1.82, 2.24) is 5.32 Å². The van der Waals surface area contributed by atoms with Gasteiger partial charge < -0.3 is 15.4 Å². The van der Waals surface area contributed by atoms with Gasteiger partial charge in [-0.25, -0.2) is 4.79 Å². The lowest BCUT2D eigenvalue weighted by Crippen LogP contribution is -2.27. The van der Waals surface area contributed by atoms with Crippen LogP contribution in [0.5, 0.6) is 0 Å². The molecular weight excluding hydrogens is 278 g/mol. The first-order valence-corrected chi connectivity index (χ1v) is 8.00. The molecule has 0 spiro atoms. The second-order valence-corrected chi connectivity index (χ2v) is 6.73. The molecule has 0 bridgehead atoms. The summed E-state index contributed by atoms with van der Waals surface area (Å²) in [4.78, 5) is 11.7. The smallest absolute Gasteiger partial charge is 0.412 e. The van der Waals surface area contributed by atoms with Gasteiger partial charge >= 0.3 is 6.09 Å². The summed E-state index contributed by atoms with van der Waals surface area (Å²) in [7, 11) is 0. The maximum atomic E-state index is 11.7. The third kappa shape index (κ3) is 5.93. The molecule has 1 aromatic rings. The molecular formula is C17H27N3O2. The molecule has 5 nitrogen and oxygen atoms in total. The highest BCUT2D eigenvalue weighted by atomic mass is 16.6. The van der Waals surface area contributed by atoms with Crippen molar-refractivity contribution in [3.8, 4) is 0 Å². The van der Waals surface area contributed by atoms with Gasteiger partial charge in [-0.15, -0.1) is 0 Å². The molecule has 1 atom stereocenters. The lowest BCUT2D eigenvalue weighted by molar-refractivity contribution is 0.0636. The molecule has 1 amide bonds. The molecule has 122 valence electrons. The van der Waals surface area contributed by atoms with Crippen LogP contribution in [-0.2, 0) is 4.74 Å². The normalized spacial score (nSPS) is 19.1. The molecule has 0 aromatic heterocycles. The Kier molecular flexibility index (Phi) is 5.66. The molecule has 1 aliphatic heterocycles. The van der Waals surface area contributed by atoms with Crippen LogP contribution in [0.1, 0.15) is 40.0 Å². The fourth-order valence-corrected chi connectivity index (χ4v) is 2.47.